The first-order valence-corrected chi connectivity index (χ1v) is 10.0. The topological polar surface area (TPSA) is 88.6 Å². The number of piperidine rings is 2. The Balaban J connectivity index is 1.80. The van der Waals surface area contributed by atoms with Gasteiger partial charge in [0.15, 0.2) is 0 Å². The van der Waals surface area contributed by atoms with Crippen LogP contribution in [-0.4, -0.2) is 60.3 Å². The molecule has 0 radical (unpaired) electrons. The summed E-state index contributed by atoms with van der Waals surface area (Å²) in [4.78, 5) is 14.7. The largest absolute Gasteiger partial charge is 0.345 e. The van der Waals surface area contributed by atoms with E-state index in [9.17, 15) is 13.2 Å². The summed E-state index contributed by atoms with van der Waals surface area (Å²) in [6, 6.07) is 1.67. The van der Waals surface area contributed by atoms with Crippen LogP contribution in [-0.2, 0) is 17.1 Å². The Morgan fingerprint density at radius 3 is 2.38 bits per heavy atom. The summed E-state index contributed by atoms with van der Waals surface area (Å²) in [5, 5.41) is 0. The molecule has 0 saturated carbocycles. The summed E-state index contributed by atoms with van der Waals surface area (Å²) in [5.41, 5.74) is 6.30. The van der Waals surface area contributed by atoms with Crippen molar-refractivity contribution in [2.24, 2.45) is 12.8 Å². The normalized spacial score (nSPS) is 21.2. The molecular formula is C16H26N4O3S. The van der Waals surface area contributed by atoms with Gasteiger partial charge in [-0.1, -0.05) is 6.42 Å². The Bertz CT molecular complexity index is 699. The first kappa shape index (κ1) is 17.4. The molecular weight excluding hydrogens is 328 g/mol. The van der Waals surface area contributed by atoms with Crippen molar-refractivity contribution in [2.45, 2.75) is 43.0 Å². The Kier molecular flexibility index (Phi) is 4.98. The third-order valence-corrected chi connectivity index (χ3v) is 6.84. The highest BCUT2D eigenvalue weighted by Crippen LogP contribution is 2.23. The molecule has 0 unspecified atom stereocenters. The highest BCUT2D eigenvalue weighted by molar-refractivity contribution is 7.89. The molecule has 0 aromatic carbocycles. The lowest BCUT2D eigenvalue weighted by Gasteiger charge is -2.30. The van der Waals surface area contributed by atoms with E-state index in [4.69, 9.17) is 5.73 Å². The van der Waals surface area contributed by atoms with Gasteiger partial charge in [0, 0.05) is 45.5 Å². The van der Waals surface area contributed by atoms with Crippen LogP contribution in [0, 0.1) is 0 Å². The van der Waals surface area contributed by atoms with E-state index < -0.39 is 10.0 Å². The molecule has 2 fully saturated rings. The van der Waals surface area contributed by atoms with E-state index in [1.807, 2.05) is 0 Å². The molecule has 3 rings (SSSR count). The summed E-state index contributed by atoms with van der Waals surface area (Å²) in [5.74, 6) is -0.121. The van der Waals surface area contributed by atoms with Crippen molar-refractivity contribution in [3.05, 3.63) is 18.0 Å². The van der Waals surface area contributed by atoms with Crippen LogP contribution in [0.3, 0.4) is 0 Å². The zero-order chi connectivity index (χ0) is 17.3. The standard InChI is InChI=1S/C16H26N4O3S/c1-18-12-14(24(22,23)20-7-3-2-4-8-20)11-15(18)16(21)19-9-5-13(17)6-10-19/h11-13H,2-10,17H2,1H3. The first-order valence-electron chi connectivity index (χ1n) is 8.61. The number of sulfonamides is 1. The van der Waals surface area contributed by atoms with Gasteiger partial charge < -0.3 is 15.2 Å². The predicted molar refractivity (Wildman–Crippen MR) is 91.1 cm³/mol. The number of nitrogens with two attached hydrogens (primary N) is 1. The molecule has 7 nitrogen and oxygen atoms in total. The molecule has 2 aliphatic rings. The van der Waals surface area contributed by atoms with Crippen molar-refractivity contribution in [1.82, 2.24) is 13.8 Å². The number of hydrogen-bond acceptors (Lipinski definition) is 4. The van der Waals surface area contributed by atoms with Crippen molar-refractivity contribution in [3.8, 4) is 0 Å². The van der Waals surface area contributed by atoms with Gasteiger partial charge in [-0.3, -0.25) is 4.79 Å². The van der Waals surface area contributed by atoms with E-state index in [0.717, 1.165) is 32.1 Å². The van der Waals surface area contributed by atoms with E-state index in [2.05, 4.69) is 0 Å². The number of aromatic nitrogens is 1. The van der Waals surface area contributed by atoms with Crippen LogP contribution in [0.15, 0.2) is 17.2 Å². The number of aryl methyl sites for hydroxylation is 1. The van der Waals surface area contributed by atoms with E-state index in [1.54, 1.807) is 22.7 Å². The molecule has 0 atom stereocenters. The van der Waals surface area contributed by atoms with Crippen LogP contribution in [0.25, 0.3) is 0 Å². The quantitative estimate of drug-likeness (QED) is 0.868. The fraction of sp³-hybridized carbons (Fsp3) is 0.688. The van der Waals surface area contributed by atoms with Crippen molar-refractivity contribution in [2.75, 3.05) is 26.2 Å². The number of hydrogen-bond donors (Lipinski definition) is 1. The zero-order valence-electron chi connectivity index (χ0n) is 14.1. The van der Waals surface area contributed by atoms with Gasteiger partial charge in [-0.25, -0.2) is 8.42 Å². The first-order chi connectivity index (χ1) is 11.4. The third-order valence-electron chi connectivity index (χ3n) is 4.98. The summed E-state index contributed by atoms with van der Waals surface area (Å²) in [6.45, 7) is 2.37. The zero-order valence-corrected chi connectivity index (χ0v) is 15.0. The molecule has 0 bridgehead atoms. The Morgan fingerprint density at radius 1 is 1.12 bits per heavy atom. The lowest BCUT2D eigenvalue weighted by Crippen LogP contribution is -2.43. The van der Waals surface area contributed by atoms with Crippen molar-refractivity contribution in [1.29, 1.82) is 0 Å². The van der Waals surface area contributed by atoms with Crippen LogP contribution in [0.4, 0.5) is 0 Å². The average molecular weight is 354 g/mol. The summed E-state index contributed by atoms with van der Waals surface area (Å²) in [6.07, 6.45) is 5.98. The van der Waals surface area contributed by atoms with Crippen molar-refractivity contribution in [3.63, 3.8) is 0 Å². The molecule has 2 saturated heterocycles. The lowest BCUT2D eigenvalue weighted by molar-refractivity contribution is 0.0705. The maximum absolute atomic E-state index is 12.8. The maximum atomic E-state index is 12.8. The highest BCUT2D eigenvalue weighted by Gasteiger charge is 2.30. The van der Waals surface area contributed by atoms with Gasteiger partial charge >= 0.3 is 0 Å². The fourth-order valence-electron chi connectivity index (χ4n) is 3.41. The minimum atomic E-state index is -3.51. The van der Waals surface area contributed by atoms with Gasteiger partial charge in [0.25, 0.3) is 5.91 Å². The minimum absolute atomic E-state index is 0.121. The van der Waals surface area contributed by atoms with Gasteiger partial charge in [0.2, 0.25) is 10.0 Å². The minimum Gasteiger partial charge on any atom is -0.345 e. The number of rotatable bonds is 3. The van der Waals surface area contributed by atoms with Crippen LogP contribution in [0.5, 0.6) is 0 Å². The Hall–Kier alpha value is -1.38. The summed E-state index contributed by atoms with van der Waals surface area (Å²) in [7, 11) is -1.79. The van der Waals surface area contributed by atoms with Gasteiger partial charge in [0.1, 0.15) is 10.6 Å². The number of amides is 1. The monoisotopic (exact) mass is 354 g/mol. The molecule has 8 heteroatoms. The molecule has 1 amide bonds. The van der Waals surface area contributed by atoms with Crippen molar-refractivity contribution < 1.29 is 13.2 Å². The average Bonchev–Trinajstić information content (AvgIpc) is 2.98. The lowest BCUT2D eigenvalue weighted by atomic mass is 10.1. The molecule has 134 valence electrons. The summed E-state index contributed by atoms with van der Waals surface area (Å²) < 4.78 is 28.7. The van der Waals surface area contributed by atoms with Gasteiger partial charge in [0.05, 0.1) is 0 Å². The van der Waals surface area contributed by atoms with E-state index in [-0.39, 0.29) is 16.8 Å². The van der Waals surface area contributed by atoms with Gasteiger partial charge in [-0.2, -0.15) is 4.31 Å². The highest BCUT2D eigenvalue weighted by atomic mass is 32.2. The smallest absolute Gasteiger partial charge is 0.270 e. The second kappa shape index (κ2) is 6.85. The van der Waals surface area contributed by atoms with Crippen molar-refractivity contribution >= 4 is 15.9 Å². The molecule has 1 aromatic heterocycles. The SMILES string of the molecule is Cn1cc(S(=O)(=O)N2CCCCC2)cc1C(=O)N1CCC(N)CC1. The maximum Gasteiger partial charge on any atom is 0.270 e. The number of carbonyl (C=O) groups is 1. The molecule has 1 aromatic rings. The molecule has 24 heavy (non-hydrogen) atoms. The molecule has 3 heterocycles. The van der Waals surface area contributed by atoms with E-state index in [0.29, 0.717) is 31.9 Å². The molecule has 2 aliphatic heterocycles. The Morgan fingerprint density at radius 2 is 1.75 bits per heavy atom. The number of likely N-dealkylation sites (tertiary alicyclic amines) is 1. The van der Waals surface area contributed by atoms with Gasteiger partial charge in [-0.15, -0.1) is 0 Å². The van der Waals surface area contributed by atoms with E-state index >= 15 is 0 Å². The molecule has 0 aliphatic carbocycles. The third kappa shape index (κ3) is 3.36. The second-order valence-corrected chi connectivity index (χ2v) is 8.70. The molecule has 0 spiro atoms. The van der Waals surface area contributed by atoms with Crippen LogP contribution in [0.1, 0.15) is 42.6 Å². The van der Waals surface area contributed by atoms with Gasteiger partial charge in [-0.05, 0) is 31.7 Å². The van der Waals surface area contributed by atoms with Crippen LogP contribution in [0.2, 0.25) is 0 Å². The van der Waals surface area contributed by atoms with Crippen LogP contribution < -0.4 is 5.73 Å². The second-order valence-electron chi connectivity index (χ2n) is 6.77. The predicted octanol–water partition coefficient (Wildman–Crippen LogP) is 0.763. The number of carbonyl (C=O) groups excluding carboxylic acids is 1. The van der Waals surface area contributed by atoms with Crippen LogP contribution >= 0.6 is 0 Å². The summed E-state index contributed by atoms with van der Waals surface area (Å²) >= 11 is 0. The number of nitrogens with zero attached hydrogens (tertiary/aromatic N) is 3. The fourth-order valence-corrected chi connectivity index (χ4v) is 5.00. The van der Waals surface area contributed by atoms with E-state index in [1.165, 1.54) is 10.4 Å². The Labute approximate surface area is 143 Å². The molecule has 2 N–H and O–H groups in total.